The molecule has 1 aromatic rings. The number of imide groups is 1. The molecule has 23 heavy (non-hydrogen) atoms. The summed E-state index contributed by atoms with van der Waals surface area (Å²) in [6, 6.07) is 7.19. The van der Waals surface area contributed by atoms with Crippen LogP contribution in [0.25, 0.3) is 0 Å². The molecule has 1 aliphatic rings. The van der Waals surface area contributed by atoms with Gasteiger partial charge in [0.2, 0.25) is 11.8 Å². The number of hydrogen-bond donors (Lipinski definition) is 2. The van der Waals surface area contributed by atoms with Gasteiger partial charge in [-0.15, -0.1) is 12.4 Å². The lowest BCUT2D eigenvalue weighted by Crippen LogP contribution is -2.27. The molecule has 2 N–H and O–H groups in total. The van der Waals surface area contributed by atoms with Gasteiger partial charge in [0.25, 0.3) is 5.24 Å². The van der Waals surface area contributed by atoms with E-state index in [0.717, 1.165) is 30.3 Å². The maximum absolute atomic E-state index is 11.7. The molecule has 126 valence electrons. The molecule has 0 unspecified atom stereocenters. The number of amides is 3. The Bertz CT molecular complexity index is 550. The van der Waals surface area contributed by atoms with Crippen LogP contribution in [0.3, 0.4) is 0 Å². The Morgan fingerprint density at radius 1 is 1.26 bits per heavy atom. The maximum atomic E-state index is 11.7. The largest absolute Gasteiger partial charge is 0.326 e. The third-order valence-electron chi connectivity index (χ3n) is 3.25. The Kier molecular flexibility index (Phi) is 8.08. The van der Waals surface area contributed by atoms with Crippen LogP contribution >= 0.6 is 24.2 Å². The molecular formula is C15H20ClN3O3S. The van der Waals surface area contributed by atoms with Crippen molar-refractivity contribution in [2.75, 3.05) is 24.7 Å². The van der Waals surface area contributed by atoms with Gasteiger partial charge < -0.3 is 10.6 Å². The topological polar surface area (TPSA) is 78.5 Å². The third kappa shape index (κ3) is 5.85. The molecule has 0 radical (unpaired) electrons. The fraction of sp³-hybridized carbons (Fsp3) is 0.400. The van der Waals surface area contributed by atoms with Gasteiger partial charge in [-0.25, -0.2) is 0 Å². The van der Waals surface area contributed by atoms with Crippen LogP contribution in [0.2, 0.25) is 0 Å². The molecule has 2 rings (SSSR count). The summed E-state index contributed by atoms with van der Waals surface area (Å²) in [5, 5.41) is 5.61. The molecule has 0 saturated carbocycles. The summed E-state index contributed by atoms with van der Waals surface area (Å²) in [6.07, 6.45) is 1.26. The summed E-state index contributed by atoms with van der Waals surface area (Å²) in [4.78, 5) is 36.0. The number of hydrogen-bond acceptors (Lipinski definition) is 5. The quantitative estimate of drug-likeness (QED) is 0.732. The average molecular weight is 358 g/mol. The molecule has 1 aliphatic heterocycles. The minimum Gasteiger partial charge on any atom is -0.326 e. The Balaban J connectivity index is 0.00000264. The second-order valence-electron chi connectivity index (χ2n) is 4.99. The fourth-order valence-corrected chi connectivity index (χ4v) is 2.78. The number of nitrogens with zero attached hydrogens (tertiary/aromatic N) is 1. The van der Waals surface area contributed by atoms with Crippen LogP contribution in [0, 0.1) is 0 Å². The zero-order valence-electron chi connectivity index (χ0n) is 12.8. The number of carbonyl (C=O) groups is 3. The van der Waals surface area contributed by atoms with Crippen molar-refractivity contribution < 1.29 is 14.4 Å². The highest BCUT2D eigenvalue weighted by atomic mass is 35.5. The molecule has 1 aromatic carbocycles. The van der Waals surface area contributed by atoms with E-state index in [-0.39, 0.29) is 41.8 Å². The minimum absolute atomic E-state index is 0. The van der Waals surface area contributed by atoms with Gasteiger partial charge in [0.15, 0.2) is 0 Å². The third-order valence-corrected chi connectivity index (χ3v) is 4.11. The summed E-state index contributed by atoms with van der Waals surface area (Å²) in [6.45, 7) is 1.09. The lowest BCUT2D eigenvalue weighted by Gasteiger charge is -2.13. The second kappa shape index (κ2) is 9.54. The van der Waals surface area contributed by atoms with E-state index in [1.807, 2.05) is 19.2 Å². The molecule has 0 aliphatic carbocycles. The normalized spacial score (nSPS) is 13.9. The standard InChI is InChI=1S/C15H19N3O3S.ClH/c1-16-8-2-3-13(19)17-12-6-4-11(5-7-12)9-18-14(20)10-22-15(18)21;/h4-7,16H,2-3,8-10H2,1H3,(H,17,19);1H. The SMILES string of the molecule is CNCCCC(=O)Nc1ccc(CN2C(=O)CSC2=O)cc1.Cl. The van der Waals surface area contributed by atoms with Crippen LogP contribution in [0.1, 0.15) is 18.4 Å². The van der Waals surface area contributed by atoms with Crippen molar-refractivity contribution in [3.63, 3.8) is 0 Å². The minimum atomic E-state index is -0.202. The van der Waals surface area contributed by atoms with Crippen molar-refractivity contribution in [3.05, 3.63) is 29.8 Å². The lowest BCUT2D eigenvalue weighted by molar-refractivity contribution is -0.125. The monoisotopic (exact) mass is 357 g/mol. The molecule has 0 spiro atoms. The number of rotatable bonds is 7. The Labute approximate surface area is 145 Å². The summed E-state index contributed by atoms with van der Waals surface area (Å²) in [7, 11) is 1.85. The molecule has 0 atom stereocenters. The van der Waals surface area contributed by atoms with Crippen molar-refractivity contribution >= 4 is 46.9 Å². The van der Waals surface area contributed by atoms with Crippen LogP contribution in [-0.2, 0) is 16.1 Å². The molecular weight excluding hydrogens is 338 g/mol. The first kappa shape index (κ1) is 19.5. The molecule has 1 fully saturated rings. The van der Waals surface area contributed by atoms with Crippen LogP contribution in [-0.4, -0.2) is 41.3 Å². The van der Waals surface area contributed by atoms with E-state index in [1.54, 1.807) is 12.1 Å². The number of thioether (sulfide) groups is 1. The predicted octanol–water partition coefficient (Wildman–Crippen LogP) is 2.24. The first-order chi connectivity index (χ1) is 10.6. The molecule has 0 aromatic heterocycles. The van der Waals surface area contributed by atoms with E-state index in [2.05, 4.69) is 10.6 Å². The average Bonchev–Trinajstić information content (AvgIpc) is 2.81. The van der Waals surface area contributed by atoms with Crippen LogP contribution < -0.4 is 10.6 Å². The molecule has 0 bridgehead atoms. The van der Waals surface area contributed by atoms with E-state index >= 15 is 0 Å². The molecule has 3 amide bonds. The number of benzene rings is 1. The number of anilines is 1. The van der Waals surface area contributed by atoms with Gasteiger partial charge in [-0.05, 0) is 37.7 Å². The lowest BCUT2D eigenvalue weighted by atomic mass is 10.2. The number of halogens is 1. The van der Waals surface area contributed by atoms with Gasteiger partial charge in [-0.2, -0.15) is 0 Å². The number of nitrogens with one attached hydrogen (secondary N) is 2. The zero-order chi connectivity index (χ0) is 15.9. The van der Waals surface area contributed by atoms with E-state index < -0.39 is 0 Å². The van der Waals surface area contributed by atoms with Crippen molar-refractivity contribution in [2.24, 2.45) is 0 Å². The highest BCUT2D eigenvalue weighted by molar-refractivity contribution is 8.14. The van der Waals surface area contributed by atoms with Gasteiger partial charge in [0, 0.05) is 12.1 Å². The Morgan fingerprint density at radius 3 is 2.52 bits per heavy atom. The second-order valence-corrected chi connectivity index (χ2v) is 5.91. The predicted molar refractivity (Wildman–Crippen MR) is 93.9 cm³/mol. The first-order valence-corrected chi connectivity index (χ1v) is 8.09. The zero-order valence-corrected chi connectivity index (χ0v) is 14.5. The van der Waals surface area contributed by atoms with Crippen molar-refractivity contribution in [1.82, 2.24) is 10.2 Å². The van der Waals surface area contributed by atoms with Gasteiger partial charge in [0.1, 0.15) is 0 Å². The van der Waals surface area contributed by atoms with Crippen molar-refractivity contribution in [2.45, 2.75) is 19.4 Å². The summed E-state index contributed by atoms with van der Waals surface area (Å²) in [5.41, 5.74) is 1.57. The summed E-state index contributed by atoms with van der Waals surface area (Å²) >= 11 is 1.03. The van der Waals surface area contributed by atoms with Crippen molar-refractivity contribution in [3.8, 4) is 0 Å². The molecule has 8 heteroatoms. The van der Waals surface area contributed by atoms with E-state index in [1.165, 1.54) is 4.90 Å². The van der Waals surface area contributed by atoms with Crippen LogP contribution in [0.4, 0.5) is 10.5 Å². The Morgan fingerprint density at radius 2 is 1.96 bits per heavy atom. The van der Waals surface area contributed by atoms with Crippen LogP contribution in [0.15, 0.2) is 24.3 Å². The van der Waals surface area contributed by atoms with Gasteiger partial charge in [-0.1, -0.05) is 23.9 Å². The van der Waals surface area contributed by atoms with E-state index in [4.69, 9.17) is 0 Å². The molecule has 6 nitrogen and oxygen atoms in total. The highest BCUT2D eigenvalue weighted by Crippen LogP contribution is 2.21. The summed E-state index contributed by atoms with van der Waals surface area (Å²) in [5.74, 6) is 0.0424. The van der Waals surface area contributed by atoms with Gasteiger partial charge >= 0.3 is 0 Å². The first-order valence-electron chi connectivity index (χ1n) is 7.10. The molecule has 1 saturated heterocycles. The van der Waals surface area contributed by atoms with E-state index in [9.17, 15) is 14.4 Å². The smallest absolute Gasteiger partial charge is 0.289 e. The Hall–Kier alpha value is -1.57. The number of carbonyl (C=O) groups excluding carboxylic acids is 3. The fourth-order valence-electron chi connectivity index (χ4n) is 2.06. The highest BCUT2D eigenvalue weighted by Gasteiger charge is 2.29. The molecule has 1 heterocycles. The van der Waals surface area contributed by atoms with Gasteiger partial charge in [-0.3, -0.25) is 19.3 Å². The van der Waals surface area contributed by atoms with Crippen molar-refractivity contribution in [1.29, 1.82) is 0 Å². The summed E-state index contributed by atoms with van der Waals surface area (Å²) < 4.78 is 0. The maximum Gasteiger partial charge on any atom is 0.289 e. The van der Waals surface area contributed by atoms with E-state index in [0.29, 0.717) is 12.1 Å². The van der Waals surface area contributed by atoms with Gasteiger partial charge in [0.05, 0.1) is 12.3 Å². The van der Waals surface area contributed by atoms with Crippen LogP contribution in [0.5, 0.6) is 0 Å².